The number of amides is 6. The summed E-state index contributed by atoms with van der Waals surface area (Å²) in [4.78, 5) is 84.0. The Bertz CT molecular complexity index is 2500. The number of methoxy groups -OCH3 is 2. The second kappa shape index (κ2) is 17.1. The van der Waals surface area contributed by atoms with Gasteiger partial charge in [-0.3, -0.25) is 39.1 Å². The highest BCUT2D eigenvalue weighted by Gasteiger charge is 2.48. The van der Waals surface area contributed by atoms with Gasteiger partial charge in [0.1, 0.15) is 23.3 Å². The number of aromatic nitrogens is 1. The van der Waals surface area contributed by atoms with E-state index in [1.165, 1.54) is 18.1 Å². The second-order valence-corrected chi connectivity index (χ2v) is 18.1. The summed E-state index contributed by atoms with van der Waals surface area (Å²) in [7, 11) is 4.74. The molecule has 9 rings (SSSR count). The minimum atomic E-state index is -2.72. The number of likely N-dealkylation sites (tertiary alicyclic amines) is 2. The molecule has 16 heteroatoms. The summed E-state index contributed by atoms with van der Waals surface area (Å²) in [6.45, 7) is 3.26. The van der Waals surface area contributed by atoms with E-state index in [0.717, 1.165) is 86.3 Å². The quantitative estimate of drug-likeness (QED) is 0.285. The Kier molecular flexibility index (Phi) is 10.6. The van der Waals surface area contributed by atoms with Crippen LogP contribution in [0.1, 0.15) is 92.9 Å². The summed E-state index contributed by atoms with van der Waals surface area (Å²) < 4.78 is 43.4. The van der Waals surface area contributed by atoms with Crippen molar-refractivity contribution in [3.8, 4) is 28.4 Å². The number of hydrogen-bond donors (Lipinski definition) is 2. The Morgan fingerprint density at radius 2 is 1.57 bits per heavy atom. The molecule has 1 saturated carbocycles. The average Bonchev–Trinajstić information content (AvgIpc) is 3.53. The molecule has 5 aliphatic heterocycles. The Hall–Kier alpha value is -5.74. The fraction of sp³-hybridized carbons (Fsp3) is 0.532. The van der Waals surface area contributed by atoms with Gasteiger partial charge in [0, 0.05) is 61.5 Å². The van der Waals surface area contributed by atoms with Crippen molar-refractivity contribution in [2.24, 2.45) is 18.3 Å². The molecular formula is C47H57N7O9. The summed E-state index contributed by atoms with van der Waals surface area (Å²) in [5, 5.41) is 4.82. The average molecular weight is 867 g/mol. The fourth-order valence-electron chi connectivity index (χ4n) is 10.8. The number of carbonyl (C=O) groups excluding carboxylic acids is 5. The molecule has 6 heterocycles. The van der Waals surface area contributed by atoms with Gasteiger partial charge in [-0.05, 0) is 130 Å². The number of urea groups is 1. The van der Waals surface area contributed by atoms with Gasteiger partial charge >= 0.3 is 6.03 Å². The minimum Gasteiger partial charge on any atom is -0.496 e. The van der Waals surface area contributed by atoms with Crippen LogP contribution < -0.4 is 30.4 Å². The van der Waals surface area contributed by atoms with E-state index in [0.29, 0.717) is 59.4 Å². The molecule has 63 heavy (non-hydrogen) atoms. The van der Waals surface area contributed by atoms with Crippen molar-refractivity contribution in [2.45, 2.75) is 83.0 Å². The molecule has 6 aliphatic rings. The van der Waals surface area contributed by atoms with Crippen molar-refractivity contribution in [1.82, 2.24) is 34.8 Å². The number of benzene rings is 2. The van der Waals surface area contributed by atoms with Crippen LogP contribution in [0, 0.1) is 11.3 Å². The number of nitrogens with one attached hydrogen (secondary N) is 2. The summed E-state index contributed by atoms with van der Waals surface area (Å²) in [6.07, 6.45) is 8.21. The first-order valence-corrected chi connectivity index (χ1v) is 22.1. The zero-order valence-corrected chi connectivity index (χ0v) is 36.1. The monoisotopic (exact) mass is 866 g/mol. The number of rotatable bonds is 10. The van der Waals surface area contributed by atoms with Crippen LogP contribution in [-0.4, -0.2) is 127 Å². The molecule has 6 amide bonds. The summed E-state index contributed by atoms with van der Waals surface area (Å²) in [6, 6.07) is 7.35. The molecule has 1 aromatic heterocycles. The first-order chi connectivity index (χ1) is 31.6. The molecule has 334 valence electrons. The normalized spacial score (nSPS) is 22.7. The van der Waals surface area contributed by atoms with Crippen molar-refractivity contribution in [1.29, 1.82) is 0 Å². The SMILES string of the molecule is [2H]C([2H])([2H])n1cc(-c2cc(OC)c(CN3CCC(CN4CCC5(CC4)CC(Oc4ccc6c(c4)C(=O)N(C4CCC(=O)NC4=O)C6=O)C5)CC3)c(OC)c2)c2c(c1=O)CN(C(=O)NC)CC2. The van der Waals surface area contributed by atoms with Gasteiger partial charge in [-0.15, -0.1) is 0 Å². The van der Waals surface area contributed by atoms with Crippen LogP contribution in [0.3, 0.4) is 0 Å². The molecule has 2 N–H and O–H groups in total. The summed E-state index contributed by atoms with van der Waals surface area (Å²) in [5.41, 5.74) is 3.21. The van der Waals surface area contributed by atoms with Crippen molar-refractivity contribution < 1.29 is 42.3 Å². The Morgan fingerprint density at radius 1 is 0.857 bits per heavy atom. The molecule has 4 fully saturated rings. The highest BCUT2D eigenvalue weighted by molar-refractivity contribution is 6.23. The number of imide groups is 2. The van der Waals surface area contributed by atoms with Gasteiger partial charge in [0.2, 0.25) is 11.8 Å². The third-order valence-corrected chi connectivity index (χ3v) is 14.4. The second-order valence-electron chi connectivity index (χ2n) is 18.1. The summed E-state index contributed by atoms with van der Waals surface area (Å²) in [5.74, 6) is 0.225. The highest BCUT2D eigenvalue weighted by Crippen LogP contribution is 2.51. The van der Waals surface area contributed by atoms with Crippen LogP contribution in [0.25, 0.3) is 11.1 Å². The number of ether oxygens (including phenoxy) is 3. The smallest absolute Gasteiger partial charge is 0.317 e. The largest absolute Gasteiger partial charge is 0.496 e. The standard InChI is InChI=1S/C47H57N7O9/c1-48-46(60)53-16-11-32-35(25-50(2)43(57)36(32)27-53)29-19-39(61-3)37(40(20-29)62-4)26-51-14-9-28(10-15-51)24-52-17-12-47(13-18-52)22-31(23-47)63-30-5-6-33-34(21-30)45(59)54(44(33)58)38-7-8-41(55)49-42(38)56/h5-6,19-21,25,28,31,38H,7-18,22-24,26-27H2,1-4H3,(H,48,60)(H,49,55,56)/i2D3. The zero-order chi connectivity index (χ0) is 46.7. The first kappa shape index (κ1) is 38.9. The van der Waals surface area contributed by atoms with E-state index in [1.807, 2.05) is 12.1 Å². The van der Waals surface area contributed by atoms with E-state index >= 15 is 0 Å². The van der Waals surface area contributed by atoms with E-state index in [2.05, 4.69) is 20.4 Å². The van der Waals surface area contributed by atoms with Gasteiger partial charge in [0.25, 0.3) is 17.4 Å². The van der Waals surface area contributed by atoms with E-state index in [9.17, 15) is 28.8 Å². The topological polar surface area (TPSA) is 172 Å². The molecule has 1 atom stereocenters. The fourth-order valence-corrected chi connectivity index (χ4v) is 10.8. The molecule has 1 unspecified atom stereocenters. The first-order valence-electron chi connectivity index (χ1n) is 23.6. The molecule has 1 aliphatic carbocycles. The maximum absolute atomic E-state index is 13.5. The van der Waals surface area contributed by atoms with Crippen molar-refractivity contribution >= 4 is 29.7 Å². The third-order valence-electron chi connectivity index (χ3n) is 14.4. The third kappa shape index (κ3) is 8.07. The van der Waals surface area contributed by atoms with E-state index in [4.69, 9.17) is 18.3 Å². The zero-order valence-electron chi connectivity index (χ0n) is 39.1. The molecule has 0 bridgehead atoms. The number of nitrogens with zero attached hydrogens (tertiary/aromatic N) is 5. The lowest BCUT2D eigenvalue weighted by molar-refractivity contribution is -0.136. The van der Waals surface area contributed by atoms with Gasteiger partial charge in [-0.25, -0.2) is 4.79 Å². The highest BCUT2D eigenvalue weighted by atomic mass is 16.5. The van der Waals surface area contributed by atoms with E-state index in [-0.39, 0.29) is 53.6 Å². The Balaban J connectivity index is 0.772. The Labute approximate surface area is 371 Å². The van der Waals surface area contributed by atoms with Crippen molar-refractivity contribution in [3.63, 3.8) is 0 Å². The van der Waals surface area contributed by atoms with Crippen LogP contribution in [0.5, 0.6) is 17.2 Å². The number of fused-ring (bicyclic) bond motifs is 2. The van der Waals surface area contributed by atoms with Crippen molar-refractivity contribution in [3.05, 3.63) is 74.7 Å². The lowest BCUT2D eigenvalue weighted by Crippen LogP contribution is -2.54. The lowest BCUT2D eigenvalue weighted by Gasteiger charge is -2.52. The lowest BCUT2D eigenvalue weighted by atomic mass is 9.61. The number of piperidine rings is 3. The predicted molar refractivity (Wildman–Crippen MR) is 232 cm³/mol. The molecule has 0 radical (unpaired) electrons. The minimum absolute atomic E-state index is 0.00195. The van der Waals surface area contributed by atoms with Crippen LogP contribution >= 0.6 is 0 Å². The summed E-state index contributed by atoms with van der Waals surface area (Å²) >= 11 is 0. The van der Waals surface area contributed by atoms with Gasteiger partial charge in [0.05, 0.1) is 43.6 Å². The predicted octanol–water partition coefficient (Wildman–Crippen LogP) is 3.70. The van der Waals surface area contributed by atoms with Gasteiger partial charge < -0.3 is 33.9 Å². The van der Waals surface area contributed by atoms with E-state index < -0.39 is 42.2 Å². The number of aryl methyl sites for hydroxylation is 1. The number of pyridine rings is 1. The van der Waals surface area contributed by atoms with Crippen LogP contribution in [0.4, 0.5) is 4.79 Å². The molecule has 1 spiro atoms. The number of hydrogen-bond acceptors (Lipinski definition) is 11. The van der Waals surface area contributed by atoms with Crippen LogP contribution in [0.15, 0.2) is 41.3 Å². The molecule has 3 saturated heterocycles. The van der Waals surface area contributed by atoms with Crippen LogP contribution in [-0.2, 0) is 36.1 Å². The molecule has 16 nitrogen and oxygen atoms in total. The maximum Gasteiger partial charge on any atom is 0.317 e. The molecular weight excluding hydrogens is 807 g/mol. The number of carbonyl (C=O) groups is 5. The maximum atomic E-state index is 13.5. The Morgan fingerprint density at radius 3 is 2.24 bits per heavy atom. The molecule has 3 aromatic rings. The van der Waals surface area contributed by atoms with Gasteiger partial charge in [0.15, 0.2) is 0 Å². The van der Waals surface area contributed by atoms with Crippen LogP contribution in [0.2, 0.25) is 0 Å². The van der Waals surface area contributed by atoms with Gasteiger partial charge in [-0.1, -0.05) is 0 Å². The van der Waals surface area contributed by atoms with E-state index in [1.54, 1.807) is 32.4 Å². The van der Waals surface area contributed by atoms with Crippen molar-refractivity contribution in [2.75, 3.05) is 60.5 Å². The van der Waals surface area contributed by atoms with Gasteiger partial charge in [-0.2, -0.15) is 0 Å². The molecule has 2 aromatic carbocycles.